The van der Waals surface area contributed by atoms with Gasteiger partial charge in [-0.15, -0.1) is 0 Å². The molecule has 2 aliphatic heterocycles. The third-order valence-electron chi connectivity index (χ3n) is 7.98. The highest BCUT2D eigenvalue weighted by atomic mass is 32.2. The molecule has 232 valence electrons. The zero-order valence-electron chi connectivity index (χ0n) is 25.0. The van der Waals surface area contributed by atoms with Crippen molar-refractivity contribution in [1.29, 1.82) is 0 Å². The Bertz CT molecular complexity index is 1620. The van der Waals surface area contributed by atoms with Crippen LogP contribution < -0.4 is 20.3 Å². The number of hydrogen-bond donors (Lipinski definition) is 2. The van der Waals surface area contributed by atoms with Crippen LogP contribution in [0.15, 0.2) is 77.7 Å². The number of carbonyl (C=O) groups excluding carboxylic acids is 3. The normalized spacial score (nSPS) is 17.5. The van der Waals surface area contributed by atoms with Crippen molar-refractivity contribution < 1.29 is 27.5 Å². The zero-order chi connectivity index (χ0) is 31.4. The summed E-state index contributed by atoms with van der Waals surface area (Å²) in [6, 6.07) is 20.3. The summed E-state index contributed by atoms with van der Waals surface area (Å²) in [7, 11) is -2.09. The van der Waals surface area contributed by atoms with Gasteiger partial charge in [0, 0.05) is 62.1 Å². The molecule has 2 aliphatic rings. The number of sulfonamides is 1. The van der Waals surface area contributed by atoms with Crippen LogP contribution in [0.2, 0.25) is 0 Å². The molecule has 1 atom stereocenters. The maximum absolute atomic E-state index is 13.3. The van der Waals surface area contributed by atoms with Crippen molar-refractivity contribution in [3.05, 3.63) is 78.4 Å². The Kier molecular flexibility index (Phi) is 9.21. The minimum absolute atomic E-state index is 0.0270. The average Bonchev–Trinajstić information content (AvgIpc) is 3.44. The number of methoxy groups -OCH3 is 1. The number of ether oxygens (including phenoxy) is 1. The van der Waals surface area contributed by atoms with Crippen LogP contribution in [0.5, 0.6) is 5.75 Å². The van der Waals surface area contributed by atoms with E-state index in [2.05, 4.69) is 15.5 Å². The number of anilines is 3. The highest BCUT2D eigenvalue weighted by Crippen LogP contribution is 2.30. The van der Waals surface area contributed by atoms with E-state index in [1.165, 1.54) is 16.4 Å². The smallest absolute Gasteiger partial charge is 0.255 e. The third-order valence-corrected chi connectivity index (χ3v) is 9.89. The number of piperazine rings is 1. The number of hydrogen-bond acceptors (Lipinski definition) is 7. The second-order valence-corrected chi connectivity index (χ2v) is 13.1. The highest BCUT2D eigenvalue weighted by Gasteiger charge is 2.35. The molecule has 0 aliphatic carbocycles. The zero-order valence-corrected chi connectivity index (χ0v) is 25.8. The van der Waals surface area contributed by atoms with Gasteiger partial charge in [0.15, 0.2) is 0 Å². The van der Waals surface area contributed by atoms with Gasteiger partial charge in [0.2, 0.25) is 21.8 Å². The fraction of sp³-hybridized carbons (Fsp3) is 0.344. The quantitative estimate of drug-likeness (QED) is 0.374. The van der Waals surface area contributed by atoms with Gasteiger partial charge in [-0.05, 0) is 74.5 Å². The van der Waals surface area contributed by atoms with Crippen LogP contribution in [0.4, 0.5) is 17.1 Å². The molecule has 2 N–H and O–H groups in total. The van der Waals surface area contributed by atoms with Crippen LogP contribution in [0.3, 0.4) is 0 Å². The predicted molar refractivity (Wildman–Crippen MR) is 168 cm³/mol. The Labute approximate surface area is 257 Å². The molecule has 5 rings (SSSR count). The molecule has 0 spiro atoms. The number of para-hydroxylation sites is 2. The number of rotatable bonds is 9. The molecule has 2 saturated heterocycles. The van der Waals surface area contributed by atoms with Crippen LogP contribution in [0, 0.1) is 5.92 Å². The molecule has 0 aromatic heterocycles. The molecule has 1 unspecified atom stereocenters. The highest BCUT2D eigenvalue weighted by molar-refractivity contribution is 7.89. The van der Waals surface area contributed by atoms with E-state index in [0.717, 1.165) is 11.4 Å². The minimum Gasteiger partial charge on any atom is -0.495 e. The molecule has 0 bridgehead atoms. The van der Waals surface area contributed by atoms with Crippen molar-refractivity contribution in [1.82, 2.24) is 9.21 Å². The standard InChI is InChI=1S/C32H37N5O6S/c1-22(2)37-21-24(20-30(37)38)32(40)34-25-10-8-23(9-11-25)31(39)33-26-12-14-27(15-13-26)44(41,42)36-18-16-35(17-19-36)28-6-4-5-7-29(28)43-3/h4-15,22,24H,16-21H2,1-3H3,(H,33,39)(H,34,40). The molecular weight excluding hydrogens is 582 g/mol. The predicted octanol–water partition coefficient (Wildman–Crippen LogP) is 3.65. The SMILES string of the molecule is COc1ccccc1N1CCN(S(=O)(=O)c2ccc(NC(=O)c3ccc(NC(=O)C4CC(=O)N(C(C)C)C4)cc3)cc2)CC1. The fourth-order valence-electron chi connectivity index (χ4n) is 5.48. The Morgan fingerprint density at radius 1 is 0.864 bits per heavy atom. The fourth-order valence-corrected chi connectivity index (χ4v) is 6.90. The Hall–Kier alpha value is -4.42. The van der Waals surface area contributed by atoms with E-state index in [0.29, 0.717) is 49.7 Å². The Morgan fingerprint density at radius 2 is 1.48 bits per heavy atom. The summed E-state index contributed by atoms with van der Waals surface area (Å²) in [6.07, 6.45) is 0.186. The molecular formula is C32H37N5O6S. The lowest BCUT2D eigenvalue weighted by Crippen LogP contribution is -2.48. The molecule has 11 nitrogen and oxygen atoms in total. The van der Waals surface area contributed by atoms with Crippen LogP contribution in [0.1, 0.15) is 30.6 Å². The van der Waals surface area contributed by atoms with E-state index in [-0.39, 0.29) is 35.1 Å². The average molecular weight is 620 g/mol. The van der Waals surface area contributed by atoms with Gasteiger partial charge in [-0.2, -0.15) is 4.31 Å². The van der Waals surface area contributed by atoms with E-state index in [1.54, 1.807) is 48.4 Å². The molecule has 3 amide bonds. The lowest BCUT2D eigenvalue weighted by Gasteiger charge is -2.35. The van der Waals surface area contributed by atoms with Crippen molar-refractivity contribution in [3.63, 3.8) is 0 Å². The molecule has 0 radical (unpaired) electrons. The van der Waals surface area contributed by atoms with Crippen LogP contribution in [0.25, 0.3) is 0 Å². The summed E-state index contributed by atoms with van der Waals surface area (Å²) >= 11 is 0. The molecule has 2 heterocycles. The van der Waals surface area contributed by atoms with Crippen molar-refractivity contribution >= 4 is 44.8 Å². The van der Waals surface area contributed by atoms with Gasteiger partial charge in [0.05, 0.1) is 23.6 Å². The first-order chi connectivity index (χ1) is 21.1. The summed E-state index contributed by atoms with van der Waals surface area (Å²) in [5.74, 6) is -0.295. The summed E-state index contributed by atoms with van der Waals surface area (Å²) in [6.45, 7) is 5.98. The monoisotopic (exact) mass is 619 g/mol. The summed E-state index contributed by atoms with van der Waals surface area (Å²) in [5.41, 5.74) is 2.29. The topological polar surface area (TPSA) is 128 Å². The van der Waals surface area contributed by atoms with Crippen LogP contribution in [-0.4, -0.2) is 81.2 Å². The van der Waals surface area contributed by atoms with Crippen molar-refractivity contribution in [3.8, 4) is 5.75 Å². The number of carbonyl (C=O) groups is 3. The first kappa shape index (κ1) is 31.0. The van der Waals surface area contributed by atoms with Gasteiger partial charge in [0.25, 0.3) is 5.91 Å². The summed E-state index contributed by atoms with van der Waals surface area (Å²) in [4.78, 5) is 41.6. The van der Waals surface area contributed by atoms with Crippen molar-refractivity contribution in [2.45, 2.75) is 31.2 Å². The van der Waals surface area contributed by atoms with Gasteiger partial charge in [-0.25, -0.2) is 8.42 Å². The van der Waals surface area contributed by atoms with Gasteiger partial charge >= 0.3 is 0 Å². The number of nitrogens with one attached hydrogen (secondary N) is 2. The van der Waals surface area contributed by atoms with E-state index < -0.39 is 15.9 Å². The first-order valence-corrected chi connectivity index (χ1v) is 16.0. The molecule has 2 fully saturated rings. The van der Waals surface area contributed by atoms with E-state index in [9.17, 15) is 22.8 Å². The molecule has 44 heavy (non-hydrogen) atoms. The van der Waals surface area contributed by atoms with E-state index in [1.807, 2.05) is 38.1 Å². The van der Waals surface area contributed by atoms with Gasteiger partial charge < -0.3 is 25.2 Å². The minimum atomic E-state index is -3.71. The summed E-state index contributed by atoms with van der Waals surface area (Å²) < 4.78 is 33.5. The van der Waals surface area contributed by atoms with E-state index in [4.69, 9.17) is 4.74 Å². The second-order valence-electron chi connectivity index (χ2n) is 11.1. The maximum Gasteiger partial charge on any atom is 0.255 e. The van der Waals surface area contributed by atoms with E-state index >= 15 is 0 Å². The maximum atomic E-state index is 13.3. The van der Waals surface area contributed by atoms with Gasteiger partial charge in [-0.3, -0.25) is 14.4 Å². The molecule has 0 saturated carbocycles. The number of nitrogens with zero attached hydrogens (tertiary/aromatic N) is 3. The Morgan fingerprint density at radius 3 is 2.09 bits per heavy atom. The lowest BCUT2D eigenvalue weighted by molar-refractivity contribution is -0.129. The first-order valence-electron chi connectivity index (χ1n) is 14.6. The second kappa shape index (κ2) is 13.1. The lowest BCUT2D eigenvalue weighted by atomic mass is 10.1. The Balaban J connectivity index is 1.14. The van der Waals surface area contributed by atoms with Crippen LogP contribution in [-0.2, 0) is 19.6 Å². The number of amides is 3. The van der Waals surface area contributed by atoms with Gasteiger partial charge in [-0.1, -0.05) is 12.1 Å². The van der Waals surface area contributed by atoms with Gasteiger partial charge in [0.1, 0.15) is 5.75 Å². The van der Waals surface area contributed by atoms with Crippen LogP contribution >= 0.6 is 0 Å². The number of likely N-dealkylation sites (tertiary alicyclic amines) is 1. The van der Waals surface area contributed by atoms with Crippen molar-refractivity contribution in [2.24, 2.45) is 5.92 Å². The molecule has 3 aromatic carbocycles. The molecule has 12 heteroatoms. The third kappa shape index (κ3) is 6.71. The molecule has 3 aromatic rings. The largest absolute Gasteiger partial charge is 0.495 e. The van der Waals surface area contributed by atoms with Crippen molar-refractivity contribution in [2.75, 3.05) is 55.4 Å². The summed E-state index contributed by atoms with van der Waals surface area (Å²) in [5, 5.41) is 5.60. The number of benzene rings is 3.